The molecule has 0 spiro atoms. The third kappa shape index (κ3) is 6.25. The summed E-state index contributed by atoms with van der Waals surface area (Å²) in [5.41, 5.74) is 1.69. The van der Waals surface area contributed by atoms with Gasteiger partial charge in [-0.05, 0) is 63.8 Å². The van der Waals surface area contributed by atoms with Crippen LogP contribution in [-0.4, -0.2) is 39.9 Å². The number of nitrogens with zero attached hydrogens (tertiary/aromatic N) is 1. The summed E-state index contributed by atoms with van der Waals surface area (Å²) in [5.74, 6) is -0.0813. The number of hydrogen-bond acceptors (Lipinski definition) is 6. The van der Waals surface area contributed by atoms with Crippen LogP contribution in [0.4, 0.5) is 0 Å². The molecule has 0 aliphatic carbocycles. The number of aliphatic carboxylic acids is 1. The first-order valence-corrected chi connectivity index (χ1v) is 11.9. The molecule has 1 aliphatic heterocycles. The van der Waals surface area contributed by atoms with E-state index >= 15 is 0 Å². The van der Waals surface area contributed by atoms with E-state index in [0.717, 1.165) is 11.1 Å². The standard InChI is InChI=1S/C22H19BrClNO5S2/c1-29-17-10-14(9-16(23)20(17)30-12-13-4-6-15(24)7-5-13)11-18-21(28)25(22(31)32-18)8-2-3-19(26)27/h4-7,9-11H,2-3,8,12H2,1H3,(H,26,27)/b18-11-. The van der Waals surface area contributed by atoms with Gasteiger partial charge in [0.25, 0.3) is 5.91 Å². The van der Waals surface area contributed by atoms with Crippen LogP contribution >= 0.6 is 51.5 Å². The predicted octanol–water partition coefficient (Wildman–Crippen LogP) is 5.76. The molecular formula is C22H19BrClNO5S2. The van der Waals surface area contributed by atoms with Gasteiger partial charge < -0.3 is 14.6 Å². The van der Waals surface area contributed by atoms with Crippen LogP contribution in [0.5, 0.6) is 11.5 Å². The van der Waals surface area contributed by atoms with Gasteiger partial charge in [-0.2, -0.15) is 0 Å². The maximum absolute atomic E-state index is 12.7. The zero-order valence-electron chi connectivity index (χ0n) is 17.0. The number of carboxylic acids is 1. The molecule has 1 N–H and O–H groups in total. The van der Waals surface area contributed by atoms with Crippen molar-refractivity contribution in [1.29, 1.82) is 0 Å². The Bertz CT molecular complexity index is 1070. The Labute approximate surface area is 208 Å². The van der Waals surface area contributed by atoms with E-state index in [1.165, 1.54) is 16.7 Å². The summed E-state index contributed by atoms with van der Waals surface area (Å²) in [6.45, 7) is 0.610. The van der Waals surface area contributed by atoms with Crippen molar-refractivity contribution >= 4 is 73.8 Å². The van der Waals surface area contributed by atoms with Gasteiger partial charge in [0.05, 0.1) is 16.5 Å². The van der Waals surface area contributed by atoms with E-state index in [1.54, 1.807) is 31.4 Å². The molecule has 32 heavy (non-hydrogen) atoms. The molecular weight excluding hydrogens is 538 g/mol. The Morgan fingerprint density at radius 2 is 2.03 bits per heavy atom. The molecule has 168 valence electrons. The number of methoxy groups -OCH3 is 1. The summed E-state index contributed by atoms with van der Waals surface area (Å²) in [6.07, 6.45) is 2.05. The van der Waals surface area contributed by atoms with E-state index in [1.807, 2.05) is 18.2 Å². The fourth-order valence-electron chi connectivity index (χ4n) is 2.93. The Morgan fingerprint density at radius 3 is 2.69 bits per heavy atom. The van der Waals surface area contributed by atoms with Gasteiger partial charge in [-0.25, -0.2) is 0 Å². The quantitative estimate of drug-likeness (QED) is 0.311. The molecule has 3 rings (SSSR count). The maximum atomic E-state index is 12.7. The molecule has 0 saturated carbocycles. The molecule has 2 aromatic rings. The molecule has 1 heterocycles. The summed E-state index contributed by atoms with van der Waals surface area (Å²) in [5, 5.41) is 9.45. The highest BCUT2D eigenvalue weighted by Gasteiger charge is 2.31. The number of amides is 1. The van der Waals surface area contributed by atoms with Gasteiger partial charge in [0.1, 0.15) is 10.9 Å². The first-order chi connectivity index (χ1) is 15.3. The highest BCUT2D eigenvalue weighted by atomic mass is 79.9. The molecule has 0 radical (unpaired) electrons. The number of rotatable bonds is 9. The van der Waals surface area contributed by atoms with Crippen LogP contribution in [0.1, 0.15) is 24.0 Å². The number of carboxylic acid groups (broad SMARTS) is 1. The van der Waals surface area contributed by atoms with Gasteiger partial charge in [-0.15, -0.1) is 0 Å². The lowest BCUT2D eigenvalue weighted by molar-refractivity contribution is -0.137. The van der Waals surface area contributed by atoms with Crippen LogP contribution in [0.25, 0.3) is 6.08 Å². The number of benzene rings is 2. The van der Waals surface area contributed by atoms with Crippen molar-refractivity contribution < 1.29 is 24.2 Å². The summed E-state index contributed by atoms with van der Waals surface area (Å²) < 4.78 is 12.5. The van der Waals surface area contributed by atoms with Crippen molar-refractivity contribution in [3.63, 3.8) is 0 Å². The Kier molecular flexibility index (Phi) is 8.58. The lowest BCUT2D eigenvalue weighted by atomic mass is 10.1. The molecule has 1 amide bonds. The van der Waals surface area contributed by atoms with Gasteiger partial charge in [-0.1, -0.05) is 47.7 Å². The minimum atomic E-state index is -0.902. The fraction of sp³-hybridized carbons (Fsp3) is 0.227. The molecule has 2 aromatic carbocycles. The number of ether oxygens (including phenoxy) is 2. The van der Waals surface area contributed by atoms with E-state index in [9.17, 15) is 9.59 Å². The number of hydrogen-bond donors (Lipinski definition) is 1. The summed E-state index contributed by atoms with van der Waals surface area (Å²) in [4.78, 5) is 25.3. The fourth-order valence-corrected chi connectivity index (χ4v) is 4.94. The smallest absolute Gasteiger partial charge is 0.303 e. The van der Waals surface area contributed by atoms with Crippen molar-refractivity contribution in [2.24, 2.45) is 0 Å². The van der Waals surface area contributed by atoms with Gasteiger partial charge in [0.2, 0.25) is 0 Å². The van der Waals surface area contributed by atoms with Crippen LogP contribution < -0.4 is 9.47 Å². The molecule has 1 aliphatic rings. The number of thioether (sulfide) groups is 1. The molecule has 6 nitrogen and oxygen atoms in total. The molecule has 0 aromatic heterocycles. The highest BCUT2D eigenvalue weighted by molar-refractivity contribution is 9.10. The van der Waals surface area contributed by atoms with Crippen molar-refractivity contribution in [3.8, 4) is 11.5 Å². The van der Waals surface area contributed by atoms with Crippen molar-refractivity contribution in [1.82, 2.24) is 4.90 Å². The van der Waals surface area contributed by atoms with Crippen molar-refractivity contribution in [2.45, 2.75) is 19.4 Å². The van der Waals surface area contributed by atoms with Crippen LogP contribution in [0.3, 0.4) is 0 Å². The van der Waals surface area contributed by atoms with Gasteiger partial charge in [0, 0.05) is 18.0 Å². The molecule has 0 unspecified atom stereocenters. The van der Waals surface area contributed by atoms with E-state index < -0.39 is 5.97 Å². The number of thiocarbonyl (C=S) groups is 1. The van der Waals surface area contributed by atoms with E-state index in [-0.39, 0.29) is 18.9 Å². The Morgan fingerprint density at radius 1 is 1.31 bits per heavy atom. The predicted molar refractivity (Wildman–Crippen MR) is 133 cm³/mol. The summed E-state index contributed by atoms with van der Waals surface area (Å²) in [6, 6.07) is 11.0. The lowest BCUT2D eigenvalue weighted by Crippen LogP contribution is -2.29. The second-order valence-electron chi connectivity index (χ2n) is 6.78. The van der Waals surface area contributed by atoms with Gasteiger partial charge >= 0.3 is 5.97 Å². The third-order valence-electron chi connectivity index (χ3n) is 4.49. The monoisotopic (exact) mass is 555 g/mol. The molecule has 0 bridgehead atoms. The molecule has 1 fully saturated rings. The van der Waals surface area contributed by atoms with Crippen LogP contribution in [0.15, 0.2) is 45.8 Å². The minimum absolute atomic E-state index is 0.0161. The third-order valence-corrected chi connectivity index (χ3v) is 6.71. The molecule has 1 saturated heterocycles. The largest absolute Gasteiger partial charge is 0.493 e. The molecule has 10 heteroatoms. The second-order valence-corrected chi connectivity index (χ2v) is 9.75. The van der Waals surface area contributed by atoms with Crippen LogP contribution in [0.2, 0.25) is 5.02 Å². The van der Waals surface area contributed by atoms with E-state index in [0.29, 0.717) is 43.2 Å². The average molecular weight is 557 g/mol. The second kappa shape index (κ2) is 11.2. The first kappa shape index (κ1) is 24.6. The first-order valence-electron chi connectivity index (χ1n) is 9.50. The topological polar surface area (TPSA) is 76.1 Å². The molecule has 0 atom stereocenters. The SMILES string of the molecule is COc1cc(/C=C2\SC(=S)N(CCCC(=O)O)C2=O)cc(Br)c1OCc1ccc(Cl)cc1. The van der Waals surface area contributed by atoms with Crippen molar-refractivity contribution in [2.75, 3.05) is 13.7 Å². The average Bonchev–Trinajstić information content (AvgIpc) is 3.01. The van der Waals surface area contributed by atoms with E-state index in [2.05, 4.69) is 15.9 Å². The van der Waals surface area contributed by atoms with Gasteiger partial charge in [-0.3, -0.25) is 14.5 Å². The normalized spacial score (nSPS) is 14.8. The zero-order chi connectivity index (χ0) is 23.3. The van der Waals surface area contributed by atoms with E-state index in [4.69, 9.17) is 38.4 Å². The minimum Gasteiger partial charge on any atom is -0.493 e. The van der Waals surface area contributed by atoms with Crippen LogP contribution in [0, 0.1) is 0 Å². The number of carbonyl (C=O) groups excluding carboxylic acids is 1. The Balaban J connectivity index is 1.75. The number of carbonyl (C=O) groups is 2. The highest BCUT2D eigenvalue weighted by Crippen LogP contribution is 2.39. The zero-order valence-corrected chi connectivity index (χ0v) is 20.9. The summed E-state index contributed by atoms with van der Waals surface area (Å²) in [7, 11) is 1.54. The van der Waals surface area contributed by atoms with Gasteiger partial charge in [0.15, 0.2) is 11.5 Å². The van der Waals surface area contributed by atoms with Crippen LogP contribution in [-0.2, 0) is 16.2 Å². The number of halogens is 2. The lowest BCUT2D eigenvalue weighted by Gasteiger charge is -2.14. The van der Waals surface area contributed by atoms with Crippen molar-refractivity contribution in [3.05, 3.63) is 61.9 Å². The summed E-state index contributed by atoms with van der Waals surface area (Å²) >= 11 is 15.9. The maximum Gasteiger partial charge on any atom is 0.303 e. The Hall–Kier alpha value is -2.07.